The lowest BCUT2D eigenvalue weighted by molar-refractivity contribution is 0.0524. The maximum atomic E-state index is 2.47. The summed E-state index contributed by atoms with van der Waals surface area (Å²) < 4.78 is 0. The van der Waals surface area contributed by atoms with Crippen LogP contribution in [-0.4, -0.2) is 25.0 Å². The van der Waals surface area contributed by atoms with Crippen LogP contribution in [0.4, 0.5) is 0 Å². The van der Waals surface area contributed by atoms with E-state index in [1.807, 2.05) is 0 Å². The molecule has 1 saturated heterocycles. The molecule has 0 aromatic carbocycles. The highest BCUT2D eigenvalue weighted by Gasteiger charge is 2.36. The molecule has 0 bridgehead atoms. The second-order valence-electron chi connectivity index (χ2n) is 5.92. The van der Waals surface area contributed by atoms with Gasteiger partial charge in [0, 0.05) is 0 Å². The number of nitrogens with zero attached hydrogens (tertiary/aromatic N) is 1. The zero-order valence-corrected chi connectivity index (χ0v) is 10.6. The molecule has 0 spiro atoms. The van der Waals surface area contributed by atoms with Crippen LogP contribution in [-0.2, 0) is 0 Å². The first-order valence-corrected chi connectivity index (χ1v) is 6.15. The van der Waals surface area contributed by atoms with E-state index in [0.717, 1.165) is 11.8 Å². The molecule has 1 heteroatoms. The van der Waals surface area contributed by atoms with Crippen molar-refractivity contribution in [2.45, 2.75) is 47.0 Å². The number of hydrogen-bond donors (Lipinski definition) is 0. The molecule has 0 unspecified atom stereocenters. The monoisotopic (exact) mass is 197 g/mol. The van der Waals surface area contributed by atoms with Gasteiger partial charge in [-0.1, -0.05) is 27.7 Å². The van der Waals surface area contributed by atoms with Gasteiger partial charge in [0.15, 0.2) is 0 Å². The third-order valence-corrected chi connectivity index (χ3v) is 4.02. The van der Waals surface area contributed by atoms with Gasteiger partial charge in [-0.3, -0.25) is 0 Å². The number of hydrogen-bond acceptors (Lipinski definition) is 1. The van der Waals surface area contributed by atoms with Gasteiger partial charge in [0.2, 0.25) is 0 Å². The van der Waals surface area contributed by atoms with E-state index >= 15 is 0 Å². The molecule has 84 valence electrons. The Hall–Kier alpha value is -0.0400. The minimum Gasteiger partial charge on any atom is -0.306 e. The first-order valence-electron chi connectivity index (χ1n) is 6.15. The minimum absolute atomic E-state index is 0.640. The Morgan fingerprint density at radius 2 is 1.57 bits per heavy atom. The molecule has 0 aliphatic carbocycles. The van der Waals surface area contributed by atoms with Crippen molar-refractivity contribution in [1.82, 2.24) is 4.90 Å². The summed E-state index contributed by atoms with van der Waals surface area (Å²) in [5.41, 5.74) is 0.640. The van der Waals surface area contributed by atoms with Gasteiger partial charge in [-0.25, -0.2) is 0 Å². The van der Waals surface area contributed by atoms with E-state index in [0.29, 0.717) is 5.41 Å². The van der Waals surface area contributed by atoms with Crippen LogP contribution in [0.15, 0.2) is 0 Å². The molecule has 1 aliphatic rings. The average Bonchev–Trinajstić information content (AvgIpc) is 2.08. The van der Waals surface area contributed by atoms with Crippen molar-refractivity contribution < 1.29 is 0 Å². The third-order valence-electron chi connectivity index (χ3n) is 4.02. The molecule has 0 amide bonds. The van der Waals surface area contributed by atoms with Crippen LogP contribution in [0.2, 0.25) is 0 Å². The van der Waals surface area contributed by atoms with E-state index < -0.39 is 0 Å². The van der Waals surface area contributed by atoms with Crippen LogP contribution < -0.4 is 0 Å². The molecule has 0 saturated carbocycles. The summed E-state index contributed by atoms with van der Waals surface area (Å²) in [6.07, 6.45) is 4.22. The van der Waals surface area contributed by atoms with Crippen molar-refractivity contribution in [3.63, 3.8) is 0 Å². The van der Waals surface area contributed by atoms with Gasteiger partial charge in [0.1, 0.15) is 0 Å². The zero-order valence-electron chi connectivity index (χ0n) is 10.6. The minimum atomic E-state index is 0.640. The van der Waals surface area contributed by atoms with Crippen LogP contribution in [0, 0.1) is 17.3 Å². The molecular weight excluding hydrogens is 170 g/mol. The predicted octanol–water partition coefficient (Wildman–Crippen LogP) is 3.40. The maximum Gasteiger partial charge on any atom is -0.00164 e. The van der Waals surface area contributed by atoms with Crippen LogP contribution in [0.5, 0.6) is 0 Å². The summed E-state index contributed by atoms with van der Waals surface area (Å²) in [4.78, 5) is 2.47. The Labute approximate surface area is 89.9 Å². The van der Waals surface area contributed by atoms with Crippen molar-refractivity contribution in [3.8, 4) is 0 Å². The van der Waals surface area contributed by atoms with Gasteiger partial charge in [0.25, 0.3) is 0 Å². The lowest BCUT2D eigenvalue weighted by Gasteiger charge is -2.45. The van der Waals surface area contributed by atoms with Crippen LogP contribution >= 0.6 is 0 Å². The van der Waals surface area contributed by atoms with Crippen LogP contribution in [0.25, 0.3) is 0 Å². The number of rotatable bonds is 3. The molecule has 0 aromatic rings. The fourth-order valence-electron chi connectivity index (χ4n) is 2.89. The third kappa shape index (κ3) is 2.73. The summed E-state index contributed by atoms with van der Waals surface area (Å²) in [7, 11) is 2.25. The number of likely N-dealkylation sites (tertiary alicyclic amines) is 1. The topological polar surface area (TPSA) is 3.24 Å². The summed E-state index contributed by atoms with van der Waals surface area (Å²) in [5, 5.41) is 0. The second-order valence-corrected chi connectivity index (χ2v) is 5.92. The maximum absolute atomic E-state index is 2.47. The lowest BCUT2D eigenvalue weighted by Crippen LogP contribution is -2.41. The predicted molar refractivity (Wildman–Crippen MR) is 63.5 cm³/mol. The van der Waals surface area contributed by atoms with Crippen molar-refractivity contribution in [2.24, 2.45) is 17.3 Å². The molecule has 0 atom stereocenters. The van der Waals surface area contributed by atoms with Gasteiger partial charge >= 0.3 is 0 Å². The molecule has 1 heterocycles. The largest absolute Gasteiger partial charge is 0.306 e. The lowest BCUT2D eigenvalue weighted by atomic mass is 9.66. The van der Waals surface area contributed by atoms with Gasteiger partial charge in [-0.05, 0) is 56.7 Å². The molecule has 0 N–H and O–H groups in total. The fraction of sp³-hybridized carbons (Fsp3) is 1.00. The summed E-state index contributed by atoms with van der Waals surface area (Å²) >= 11 is 0. The molecule has 1 nitrogen and oxygen atoms in total. The summed E-state index contributed by atoms with van der Waals surface area (Å²) in [5.74, 6) is 1.69. The van der Waals surface area contributed by atoms with Gasteiger partial charge in [-0.15, -0.1) is 0 Å². The van der Waals surface area contributed by atoms with E-state index in [2.05, 4.69) is 39.6 Å². The van der Waals surface area contributed by atoms with Crippen molar-refractivity contribution in [2.75, 3.05) is 20.1 Å². The standard InChI is InChI=1S/C13H27N/c1-11(2)10-13(12(3)4)6-8-14(5)9-7-13/h11-12H,6-10H2,1-5H3. The molecule has 1 rings (SSSR count). The smallest absolute Gasteiger partial charge is 0.00164 e. The summed E-state index contributed by atoms with van der Waals surface area (Å²) in [6, 6.07) is 0. The molecule has 1 aliphatic heterocycles. The normalized spacial score (nSPS) is 23.4. The van der Waals surface area contributed by atoms with Crippen LogP contribution in [0.3, 0.4) is 0 Å². The highest BCUT2D eigenvalue weighted by atomic mass is 15.1. The zero-order chi connectivity index (χ0) is 10.8. The molecule has 0 radical (unpaired) electrons. The quantitative estimate of drug-likeness (QED) is 0.670. The van der Waals surface area contributed by atoms with E-state index in [4.69, 9.17) is 0 Å². The Bertz CT molecular complexity index is 164. The fourth-order valence-corrected chi connectivity index (χ4v) is 2.89. The van der Waals surface area contributed by atoms with Crippen molar-refractivity contribution in [1.29, 1.82) is 0 Å². The van der Waals surface area contributed by atoms with E-state index in [9.17, 15) is 0 Å². The Morgan fingerprint density at radius 1 is 1.07 bits per heavy atom. The van der Waals surface area contributed by atoms with Crippen LogP contribution in [0.1, 0.15) is 47.0 Å². The Morgan fingerprint density at radius 3 is 1.93 bits per heavy atom. The van der Waals surface area contributed by atoms with Gasteiger partial charge in [0.05, 0.1) is 0 Å². The first kappa shape index (κ1) is 12.0. The SMILES string of the molecule is CC(C)CC1(C(C)C)CCN(C)CC1. The highest BCUT2D eigenvalue weighted by molar-refractivity contribution is 4.88. The molecule has 1 fully saturated rings. The highest BCUT2D eigenvalue weighted by Crippen LogP contribution is 2.43. The molecule has 14 heavy (non-hydrogen) atoms. The summed E-state index contributed by atoms with van der Waals surface area (Å²) in [6.45, 7) is 12.1. The van der Waals surface area contributed by atoms with E-state index in [1.54, 1.807) is 0 Å². The van der Waals surface area contributed by atoms with E-state index in [1.165, 1.54) is 32.4 Å². The van der Waals surface area contributed by atoms with Gasteiger partial charge in [-0.2, -0.15) is 0 Å². The molecular formula is C13H27N. The van der Waals surface area contributed by atoms with Crippen molar-refractivity contribution in [3.05, 3.63) is 0 Å². The second kappa shape index (κ2) is 4.65. The average molecular weight is 197 g/mol. The Kier molecular flexibility index (Phi) is 4.00. The Balaban J connectivity index is 2.63. The number of piperidine rings is 1. The molecule has 0 aromatic heterocycles. The van der Waals surface area contributed by atoms with Gasteiger partial charge < -0.3 is 4.90 Å². The van der Waals surface area contributed by atoms with Crippen molar-refractivity contribution >= 4 is 0 Å². The first-order chi connectivity index (χ1) is 6.46. The van der Waals surface area contributed by atoms with E-state index in [-0.39, 0.29) is 0 Å².